The second-order valence-corrected chi connectivity index (χ2v) is 4.88. The van der Waals surface area contributed by atoms with E-state index in [1.54, 1.807) is 12.1 Å². The lowest BCUT2D eigenvalue weighted by Gasteiger charge is -2.15. The molecule has 0 aromatic heterocycles. The fraction of sp³-hybridized carbons (Fsp3) is 0.167. The van der Waals surface area contributed by atoms with Crippen molar-refractivity contribution in [3.63, 3.8) is 0 Å². The summed E-state index contributed by atoms with van der Waals surface area (Å²) >= 11 is 0. The summed E-state index contributed by atoms with van der Waals surface area (Å²) < 4.78 is 18.2. The minimum atomic E-state index is -0.476. The summed E-state index contributed by atoms with van der Waals surface area (Å²) in [7, 11) is 1.38. The molecule has 1 unspecified atom stereocenters. The van der Waals surface area contributed by atoms with Crippen LogP contribution in [0.4, 0.5) is 4.39 Å². The largest absolute Gasteiger partial charge is 0.494 e. The van der Waals surface area contributed by atoms with Crippen LogP contribution in [0.5, 0.6) is 5.75 Å². The highest BCUT2D eigenvalue weighted by Gasteiger charge is 2.11. The van der Waals surface area contributed by atoms with Crippen LogP contribution < -0.4 is 10.1 Å². The van der Waals surface area contributed by atoms with Gasteiger partial charge in [-0.1, -0.05) is 36.4 Å². The number of aliphatic hydroxyl groups excluding tert-OH is 1. The Kier molecular flexibility index (Phi) is 5.88. The van der Waals surface area contributed by atoms with Crippen molar-refractivity contribution in [2.45, 2.75) is 6.04 Å². The van der Waals surface area contributed by atoms with E-state index in [0.717, 1.165) is 5.56 Å². The average Bonchev–Trinajstić information content (AvgIpc) is 2.59. The zero-order chi connectivity index (χ0) is 16.7. The maximum Gasteiger partial charge on any atom is 0.244 e. The normalized spacial score (nSPS) is 12.1. The lowest BCUT2D eigenvalue weighted by atomic mass is 10.1. The zero-order valence-electron chi connectivity index (χ0n) is 12.7. The number of ether oxygens (including phenoxy) is 1. The van der Waals surface area contributed by atoms with Crippen molar-refractivity contribution >= 4 is 12.0 Å². The molecule has 0 spiro atoms. The van der Waals surface area contributed by atoms with Crippen LogP contribution in [0, 0.1) is 5.82 Å². The van der Waals surface area contributed by atoms with Gasteiger partial charge in [-0.2, -0.15) is 0 Å². The summed E-state index contributed by atoms with van der Waals surface area (Å²) in [5, 5.41) is 12.1. The van der Waals surface area contributed by atoms with Crippen molar-refractivity contribution < 1.29 is 19.0 Å². The second kappa shape index (κ2) is 8.10. The standard InChI is InChI=1S/C18H18FNO3/c1-23-17-11-13(7-9-15(17)19)8-10-18(22)20-16(12-21)14-5-3-2-4-6-14/h2-11,16,21H,12H2,1H3,(H,20,22)/b10-8+. The van der Waals surface area contributed by atoms with Gasteiger partial charge in [0.05, 0.1) is 19.8 Å². The molecule has 2 aromatic carbocycles. The number of methoxy groups -OCH3 is 1. The van der Waals surface area contributed by atoms with Crippen LogP contribution in [0.2, 0.25) is 0 Å². The first kappa shape index (κ1) is 16.7. The van der Waals surface area contributed by atoms with E-state index in [4.69, 9.17) is 4.74 Å². The van der Waals surface area contributed by atoms with E-state index in [1.165, 1.54) is 25.3 Å². The van der Waals surface area contributed by atoms with Gasteiger partial charge in [-0.05, 0) is 29.3 Å². The van der Waals surface area contributed by atoms with Crippen LogP contribution >= 0.6 is 0 Å². The molecule has 1 amide bonds. The summed E-state index contributed by atoms with van der Waals surface area (Å²) in [6.07, 6.45) is 2.88. The first-order valence-electron chi connectivity index (χ1n) is 7.12. The zero-order valence-corrected chi connectivity index (χ0v) is 12.7. The number of hydrogen-bond donors (Lipinski definition) is 2. The number of hydrogen-bond acceptors (Lipinski definition) is 3. The summed E-state index contributed by atoms with van der Waals surface area (Å²) in [6, 6.07) is 13.0. The SMILES string of the molecule is COc1cc(/C=C/C(=O)NC(CO)c2ccccc2)ccc1F. The third kappa shape index (κ3) is 4.66. The van der Waals surface area contributed by atoms with Crippen LogP contribution in [-0.2, 0) is 4.79 Å². The highest BCUT2D eigenvalue weighted by atomic mass is 19.1. The van der Waals surface area contributed by atoms with Crippen LogP contribution in [0.3, 0.4) is 0 Å². The Morgan fingerprint density at radius 2 is 2.04 bits per heavy atom. The third-order valence-corrected chi connectivity index (χ3v) is 3.30. The van der Waals surface area contributed by atoms with Gasteiger partial charge in [0.15, 0.2) is 11.6 Å². The summed E-state index contributed by atoms with van der Waals surface area (Å²) in [6.45, 7) is -0.200. The quantitative estimate of drug-likeness (QED) is 0.806. The molecule has 0 bridgehead atoms. The Hall–Kier alpha value is -2.66. The minimum Gasteiger partial charge on any atom is -0.494 e. The molecule has 0 saturated heterocycles. The van der Waals surface area contributed by atoms with Crippen molar-refractivity contribution in [2.24, 2.45) is 0 Å². The average molecular weight is 315 g/mol. The molecule has 0 fully saturated rings. The lowest BCUT2D eigenvalue weighted by molar-refractivity contribution is -0.117. The molecule has 120 valence electrons. The summed E-state index contributed by atoms with van der Waals surface area (Å²) in [5.74, 6) is -0.695. The molecule has 2 rings (SSSR count). The van der Waals surface area contributed by atoms with Crippen molar-refractivity contribution in [2.75, 3.05) is 13.7 Å². The van der Waals surface area contributed by atoms with Crippen molar-refractivity contribution in [3.05, 3.63) is 71.6 Å². The fourth-order valence-corrected chi connectivity index (χ4v) is 2.09. The highest BCUT2D eigenvalue weighted by molar-refractivity contribution is 5.92. The van der Waals surface area contributed by atoms with Gasteiger partial charge in [0, 0.05) is 6.08 Å². The van der Waals surface area contributed by atoms with E-state index in [-0.39, 0.29) is 18.3 Å². The number of amides is 1. The molecule has 1 atom stereocenters. The van der Waals surface area contributed by atoms with Gasteiger partial charge in [0.1, 0.15) is 0 Å². The molecular weight excluding hydrogens is 297 g/mol. The lowest BCUT2D eigenvalue weighted by Crippen LogP contribution is -2.29. The molecule has 2 N–H and O–H groups in total. The Morgan fingerprint density at radius 3 is 2.70 bits per heavy atom. The number of nitrogens with one attached hydrogen (secondary N) is 1. The number of halogens is 1. The van der Waals surface area contributed by atoms with Gasteiger partial charge in [-0.3, -0.25) is 4.79 Å². The Morgan fingerprint density at radius 1 is 1.30 bits per heavy atom. The van der Waals surface area contributed by atoms with E-state index in [9.17, 15) is 14.3 Å². The highest BCUT2D eigenvalue weighted by Crippen LogP contribution is 2.19. The third-order valence-electron chi connectivity index (χ3n) is 3.30. The van der Waals surface area contributed by atoms with Crippen molar-refractivity contribution in [1.29, 1.82) is 0 Å². The maximum atomic E-state index is 13.3. The molecule has 0 aliphatic carbocycles. The van der Waals surface area contributed by atoms with E-state index in [1.807, 2.05) is 30.3 Å². The number of rotatable bonds is 6. The molecule has 4 nitrogen and oxygen atoms in total. The second-order valence-electron chi connectivity index (χ2n) is 4.88. The van der Waals surface area contributed by atoms with Gasteiger partial charge < -0.3 is 15.2 Å². The molecule has 2 aromatic rings. The van der Waals surface area contributed by atoms with Crippen LogP contribution in [0.15, 0.2) is 54.6 Å². The van der Waals surface area contributed by atoms with Gasteiger partial charge in [0.2, 0.25) is 5.91 Å². The number of carbonyl (C=O) groups excluding carboxylic acids is 1. The van der Waals surface area contributed by atoms with Gasteiger partial charge in [0.25, 0.3) is 0 Å². The maximum absolute atomic E-state index is 13.3. The molecule has 0 saturated carbocycles. The fourth-order valence-electron chi connectivity index (χ4n) is 2.09. The number of carbonyl (C=O) groups is 1. The first-order valence-corrected chi connectivity index (χ1v) is 7.12. The van der Waals surface area contributed by atoms with Gasteiger partial charge >= 0.3 is 0 Å². The Labute approximate surface area is 134 Å². The van der Waals surface area contributed by atoms with Gasteiger partial charge in [-0.15, -0.1) is 0 Å². The molecular formula is C18H18FNO3. The van der Waals surface area contributed by atoms with E-state index < -0.39 is 11.9 Å². The van der Waals surface area contributed by atoms with Crippen molar-refractivity contribution in [1.82, 2.24) is 5.32 Å². The smallest absolute Gasteiger partial charge is 0.244 e. The monoisotopic (exact) mass is 315 g/mol. The number of benzene rings is 2. The van der Waals surface area contributed by atoms with E-state index in [0.29, 0.717) is 5.56 Å². The van der Waals surface area contributed by atoms with E-state index in [2.05, 4.69) is 5.32 Å². The molecule has 23 heavy (non-hydrogen) atoms. The van der Waals surface area contributed by atoms with Crippen molar-refractivity contribution in [3.8, 4) is 5.75 Å². The molecule has 0 aliphatic heterocycles. The summed E-state index contributed by atoms with van der Waals surface area (Å²) in [5.41, 5.74) is 1.46. The topological polar surface area (TPSA) is 58.6 Å². The minimum absolute atomic E-state index is 0.116. The Bertz CT molecular complexity index is 686. The molecule has 0 radical (unpaired) electrons. The Balaban J connectivity index is 2.03. The number of aliphatic hydroxyl groups is 1. The van der Waals surface area contributed by atoms with Crippen LogP contribution in [-0.4, -0.2) is 24.7 Å². The van der Waals surface area contributed by atoms with Gasteiger partial charge in [-0.25, -0.2) is 4.39 Å². The molecule has 0 aliphatic rings. The van der Waals surface area contributed by atoms with Crippen LogP contribution in [0.1, 0.15) is 17.2 Å². The van der Waals surface area contributed by atoms with E-state index >= 15 is 0 Å². The summed E-state index contributed by atoms with van der Waals surface area (Å²) in [4.78, 5) is 12.0. The first-order chi connectivity index (χ1) is 11.1. The predicted octanol–water partition coefficient (Wildman–Crippen LogP) is 2.70. The van der Waals surface area contributed by atoms with Crippen LogP contribution in [0.25, 0.3) is 6.08 Å². The predicted molar refractivity (Wildman–Crippen MR) is 86.4 cm³/mol. The molecule has 0 heterocycles. The molecule has 5 heteroatoms.